The summed E-state index contributed by atoms with van der Waals surface area (Å²) in [6.45, 7) is 0.598. The Bertz CT molecular complexity index is 598. The van der Waals surface area contributed by atoms with E-state index in [1.807, 2.05) is 18.2 Å². The van der Waals surface area contributed by atoms with Gasteiger partial charge in [0.05, 0.1) is 6.42 Å². The molecule has 0 aliphatic carbocycles. The smallest absolute Gasteiger partial charge is 0.224 e. The average molecular weight is 306 g/mol. The van der Waals surface area contributed by atoms with Gasteiger partial charge in [0.1, 0.15) is 5.82 Å². The van der Waals surface area contributed by atoms with Gasteiger partial charge in [-0.25, -0.2) is 4.39 Å². The molecule has 0 radical (unpaired) electrons. The summed E-state index contributed by atoms with van der Waals surface area (Å²) in [5.41, 5.74) is 1.90. The van der Waals surface area contributed by atoms with Crippen LogP contribution in [0.2, 0.25) is 5.02 Å². The van der Waals surface area contributed by atoms with Crippen molar-refractivity contribution in [2.75, 3.05) is 6.54 Å². The number of hydrogen-bond donors (Lipinski definition) is 1. The van der Waals surface area contributed by atoms with Gasteiger partial charge in [-0.3, -0.25) is 4.79 Å². The van der Waals surface area contributed by atoms with Gasteiger partial charge in [0, 0.05) is 11.6 Å². The number of benzene rings is 2. The van der Waals surface area contributed by atoms with E-state index in [0.29, 0.717) is 11.6 Å². The SMILES string of the molecule is O=C(Cc1ccccc1Cl)NCCCc1ccc(F)cc1. The molecule has 2 aromatic carbocycles. The summed E-state index contributed by atoms with van der Waals surface area (Å²) in [7, 11) is 0. The molecule has 0 bridgehead atoms. The Balaban J connectivity index is 1.70. The number of halogens is 2. The maximum absolute atomic E-state index is 12.8. The zero-order chi connectivity index (χ0) is 15.1. The molecule has 1 N–H and O–H groups in total. The molecule has 2 nitrogen and oxygen atoms in total. The number of amides is 1. The second kappa shape index (κ2) is 7.79. The molecule has 4 heteroatoms. The second-order valence-corrected chi connectivity index (χ2v) is 5.26. The predicted octanol–water partition coefficient (Wildman–Crippen LogP) is 3.77. The van der Waals surface area contributed by atoms with Crippen LogP contribution < -0.4 is 5.32 Å². The quantitative estimate of drug-likeness (QED) is 0.809. The van der Waals surface area contributed by atoms with E-state index in [0.717, 1.165) is 24.0 Å². The first-order valence-corrected chi connectivity index (χ1v) is 7.27. The molecule has 0 saturated carbocycles. The molecular weight excluding hydrogens is 289 g/mol. The van der Waals surface area contributed by atoms with Crippen LogP contribution in [0.5, 0.6) is 0 Å². The molecule has 110 valence electrons. The van der Waals surface area contributed by atoms with Gasteiger partial charge in [0.15, 0.2) is 0 Å². The zero-order valence-corrected chi connectivity index (χ0v) is 12.4. The minimum Gasteiger partial charge on any atom is -0.356 e. The van der Waals surface area contributed by atoms with Crippen LogP contribution in [-0.4, -0.2) is 12.5 Å². The van der Waals surface area contributed by atoms with Crippen LogP contribution in [0.25, 0.3) is 0 Å². The van der Waals surface area contributed by atoms with Gasteiger partial charge in [0.2, 0.25) is 5.91 Å². The summed E-state index contributed by atoms with van der Waals surface area (Å²) in [4.78, 5) is 11.8. The summed E-state index contributed by atoms with van der Waals surface area (Å²) in [6.07, 6.45) is 1.92. The fraction of sp³-hybridized carbons (Fsp3) is 0.235. The van der Waals surface area contributed by atoms with Crippen molar-refractivity contribution >= 4 is 17.5 Å². The van der Waals surface area contributed by atoms with Crippen LogP contribution in [-0.2, 0) is 17.6 Å². The van der Waals surface area contributed by atoms with Crippen LogP contribution in [0.3, 0.4) is 0 Å². The number of aryl methyl sites for hydroxylation is 1. The van der Waals surface area contributed by atoms with Gasteiger partial charge in [-0.1, -0.05) is 41.9 Å². The molecule has 0 unspecified atom stereocenters. The van der Waals surface area contributed by atoms with Crippen LogP contribution >= 0.6 is 11.6 Å². The lowest BCUT2D eigenvalue weighted by molar-refractivity contribution is -0.120. The molecule has 1 amide bonds. The Morgan fingerprint density at radius 1 is 1.10 bits per heavy atom. The highest BCUT2D eigenvalue weighted by Gasteiger charge is 2.05. The molecule has 0 fully saturated rings. The monoisotopic (exact) mass is 305 g/mol. The summed E-state index contributed by atoms with van der Waals surface area (Å²) < 4.78 is 12.8. The summed E-state index contributed by atoms with van der Waals surface area (Å²) in [6, 6.07) is 13.8. The van der Waals surface area contributed by atoms with Gasteiger partial charge in [-0.15, -0.1) is 0 Å². The van der Waals surface area contributed by atoms with Crippen LogP contribution in [0.4, 0.5) is 4.39 Å². The molecule has 0 aliphatic rings. The molecule has 21 heavy (non-hydrogen) atoms. The Morgan fingerprint density at radius 3 is 2.52 bits per heavy atom. The number of nitrogens with one attached hydrogen (secondary N) is 1. The first-order valence-electron chi connectivity index (χ1n) is 6.90. The van der Waals surface area contributed by atoms with Gasteiger partial charge >= 0.3 is 0 Å². The zero-order valence-electron chi connectivity index (χ0n) is 11.6. The topological polar surface area (TPSA) is 29.1 Å². The summed E-state index contributed by atoms with van der Waals surface area (Å²) >= 11 is 6.01. The van der Waals surface area contributed by atoms with Crippen molar-refractivity contribution in [1.82, 2.24) is 5.32 Å². The largest absolute Gasteiger partial charge is 0.356 e. The van der Waals surface area contributed by atoms with E-state index in [2.05, 4.69) is 5.32 Å². The second-order valence-electron chi connectivity index (χ2n) is 4.85. The molecule has 0 spiro atoms. The Morgan fingerprint density at radius 2 is 1.81 bits per heavy atom. The van der Waals surface area contributed by atoms with Gasteiger partial charge in [0.25, 0.3) is 0 Å². The molecule has 2 aromatic rings. The van der Waals surface area contributed by atoms with Gasteiger partial charge < -0.3 is 5.32 Å². The van der Waals surface area contributed by atoms with E-state index in [1.54, 1.807) is 18.2 Å². The third-order valence-electron chi connectivity index (χ3n) is 3.19. The Labute approximate surface area is 128 Å². The van der Waals surface area contributed by atoms with Gasteiger partial charge in [-0.05, 0) is 42.2 Å². The van der Waals surface area contributed by atoms with Gasteiger partial charge in [-0.2, -0.15) is 0 Å². The third kappa shape index (κ3) is 5.20. The number of hydrogen-bond acceptors (Lipinski definition) is 1. The van der Waals surface area contributed by atoms with Crippen molar-refractivity contribution < 1.29 is 9.18 Å². The minimum absolute atomic E-state index is 0.0396. The van der Waals surface area contributed by atoms with E-state index < -0.39 is 0 Å². The van der Waals surface area contributed by atoms with Crippen LogP contribution in [0, 0.1) is 5.82 Å². The third-order valence-corrected chi connectivity index (χ3v) is 3.56. The molecule has 0 aliphatic heterocycles. The Kier molecular flexibility index (Phi) is 5.76. The fourth-order valence-corrected chi connectivity index (χ4v) is 2.25. The van der Waals surface area contributed by atoms with Crippen LogP contribution in [0.15, 0.2) is 48.5 Å². The predicted molar refractivity (Wildman–Crippen MR) is 82.9 cm³/mol. The van der Waals surface area contributed by atoms with E-state index in [1.165, 1.54) is 12.1 Å². The lowest BCUT2D eigenvalue weighted by Gasteiger charge is -2.06. The maximum Gasteiger partial charge on any atom is 0.224 e. The normalized spacial score (nSPS) is 10.4. The fourth-order valence-electron chi connectivity index (χ4n) is 2.05. The highest BCUT2D eigenvalue weighted by molar-refractivity contribution is 6.31. The molecule has 0 aromatic heterocycles. The van der Waals surface area contributed by atoms with E-state index >= 15 is 0 Å². The number of carbonyl (C=O) groups excluding carboxylic acids is 1. The number of carbonyl (C=O) groups is 1. The van der Waals surface area contributed by atoms with Crippen molar-refractivity contribution in [3.63, 3.8) is 0 Å². The van der Waals surface area contributed by atoms with E-state index in [4.69, 9.17) is 11.6 Å². The van der Waals surface area contributed by atoms with Crippen molar-refractivity contribution in [3.05, 3.63) is 70.5 Å². The highest BCUT2D eigenvalue weighted by Crippen LogP contribution is 2.15. The molecule has 0 atom stereocenters. The standard InChI is InChI=1S/C17H17ClFNO/c18-16-6-2-1-5-14(16)12-17(21)20-11-3-4-13-7-9-15(19)10-8-13/h1-2,5-10H,3-4,11-12H2,(H,20,21). The lowest BCUT2D eigenvalue weighted by Crippen LogP contribution is -2.26. The van der Waals surface area contributed by atoms with E-state index in [9.17, 15) is 9.18 Å². The van der Waals surface area contributed by atoms with Crippen molar-refractivity contribution in [3.8, 4) is 0 Å². The summed E-state index contributed by atoms with van der Waals surface area (Å²) in [5.74, 6) is -0.269. The van der Waals surface area contributed by atoms with E-state index in [-0.39, 0.29) is 18.1 Å². The average Bonchev–Trinajstić information content (AvgIpc) is 2.48. The lowest BCUT2D eigenvalue weighted by atomic mass is 10.1. The molecule has 0 heterocycles. The maximum atomic E-state index is 12.8. The molecular formula is C17H17ClFNO. The molecule has 0 saturated heterocycles. The van der Waals surface area contributed by atoms with Crippen molar-refractivity contribution in [1.29, 1.82) is 0 Å². The van der Waals surface area contributed by atoms with Crippen molar-refractivity contribution in [2.45, 2.75) is 19.3 Å². The Hall–Kier alpha value is -1.87. The summed E-state index contributed by atoms with van der Waals surface area (Å²) in [5, 5.41) is 3.48. The van der Waals surface area contributed by atoms with Crippen LogP contribution in [0.1, 0.15) is 17.5 Å². The van der Waals surface area contributed by atoms with Crippen molar-refractivity contribution in [2.24, 2.45) is 0 Å². The first kappa shape index (κ1) is 15.5. The first-order chi connectivity index (χ1) is 10.1. The number of rotatable bonds is 6. The molecule has 2 rings (SSSR count). The minimum atomic E-state index is -0.230. The highest BCUT2D eigenvalue weighted by atomic mass is 35.5.